The van der Waals surface area contributed by atoms with E-state index in [1.807, 2.05) is 0 Å². The van der Waals surface area contributed by atoms with Gasteiger partial charge < -0.3 is 5.32 Å². The highest BCUT2D eigenvalue weighted by atomic mass is 15.2. The van der Waals surface area contributed by atoms with Crippen molar-refractivity contribution in [3.63, 3.8) is 0 Å². The first kappa shape index (κ1) is 13.6. The number of hydrogen-bond donors (Lipinski definition) is 1. The van der Waals surface area contributed by atoms with Crippen molar-refractivity contribution in [2.45, 2.75) is 38.6 Å². The van der Waals surface area contributed by atoms with E-state index in [-0.39, 0.29) is 0 Å². The molecule has 0 saturated carbocycles. The highest BCUT2D eigenvalue weighted by Crippen LogP contribution is 2.15. The molecule has 1 aromatic rings. The highest BCUT2D eigenvalue weighted by Gasteiger charge is 2.20. The zero-order valence-corrected chi connectivity index (χ0v) is 11.6. The summed E-state index contributed by atoms with van der Waals surface area (Å²) in [5.74, 6) is 0. The Hall–Kier alpha value is -0.860. The van der Waals surface area contributed by atoms with Crippen molar-refractivity contribution >= 4 is 0 Å². The van der Waals surface area contributed by atoms with Gasteiger partial charge in [-0.3, -0.25) is 4.90 Å². The lowest BCUT2D eigenvalue weighted by Gasteiger charge is -2.35. The van der Waals surface area contributed by atoms with Crippen LogP contribution < -0.4 is 5.32 Å². The Bertz CT molecular complexity index is 317. The Kier molecular flexibility index (Phi) is 5.69. The van der Waals surface area contributed by atoms with E-state index in [0.29, 0.717) is 0 Å². The molecule has 0 aliphatic carbocycles. The Morgan fingerprint density at radius 2 is 1.89 bits per heavy atom. The third kappa shape index (κ3) is 4.11. The summed E-state index contributed by atoms with van der Waals surface area (Å²) >= 11 is 0. The van der Waals surface area contributed by atoms with Crippen molar-refractivity contribution in [2.24, 2.45) is 0 Å². The topological polar surface area (TPSA) is 15.3 Å². The second kappa shape index (κ2) is 7.55. The maximum Gasteiger partial charge on any atom is 0.0137 e. The van der Waals surface area contributed by atoms with Gasteiger partial charge in [0.15, 0.2) is 0 Å². The molecule has 1 unspecified atom stereocenters. The average Bonchev–Trinajstić information content (AvgIpc) is 2.45. The molecule has 0 amide bonds. The fourth-order valence-corrected chi connectivity index (χ4v) is 2.79. The van der Waals surface area contributed by atoms with E-state index in [9.17, 15) is 0 Å². The zero-order valence-electron chi connectivity index (χ0n) is 11.6. The van der Waals surface area contributed by atoms with Crippen LogP contribution in [0.3, 0.4) is 0 Å². The standard InChI is InChI=1S/C16H26N2/c1-2-3-9-16(18-12-10-17-11-13-18)14-15-7-5-4-6-8-15/h4-8,16-17H,2-3,9-14H2,1H3. The van der Waals surface area contributed by atoms with E-state index in [2.05, 4.69) is 47.5 Å². The minimum absolute atomic E-state index is 0.731. The molecule has 1 atom stereocenters. The van der Waals surface area contributed by atoms with Gasteiger partial charge in [-0.1, -0.05) is 50.1 Å². The van der Waals surface area contributed by atoms with Gasteiger partial charge in [0.25, 0.3) is 0 Å². The van der Waals surface area contributed by atoms with Crippen LogP contribution in [-0.2, 0) is 6.42 Å². The maximum atomic E-state index is 3.45. The largest absolute Gasteiger partial charge is 0.314 e. The molecule has 18 heavy (non-hydrogen) atoms. The molecule has 1 aliphatic heterocycles. The fraction of sp³-hybridized carbons (Fsp3) is 0.625. The van der Waals surface area contributed by atoms with Crippen LogP contribution in [0.1, 0.15) is 31.7 Å². The molecule has 100 valence electrons. The lowest BCUT2D eigenvalue weighted by molar-refractivity contribution is 0.161. The Labute approximate surface area is 111 Å². The number of hydrogen-bond acceptors (Lipinski definition) is 2. The molecule has 2 nitrogen and oxygen atoms in total. The minimum atomic E-state index is 0.731. The Morgan fingerprint density at radius 3 is 2.56 bits per heavy atom. The van der Waals surface area contributed by atoms with Crippen molar-refractivity contribution in [1.29, 1.82) is 0 Å². The predicted molar refractivity (Wildman–Crippen MR) is 77.9 cm³/mol. The summed E-state index contributed by atoms with van der Waals surface area (Å²) < 4.78 is 0. The second-order valence-corrected chi connectivity index (χ2v) is 5.27. The van der Waals surface area contributed by atoms with Crippen LogP contribution in [0, 0.1) is 0 Å². The number of unbranched alkanes of at least 4 members (excludes halogenated alkanes) is 1. The number of benzene rings is 1. The third-order valence-corrected chi connectivity index (χ3v) is 3.87. The molecular weight excluding hydrogens is 220 g/mol. The average molecular weight is 246 g/mol. The van der Waals surface area contributed by atoms with Crippen molar-refractivity contribution in [3.05, 3.63) is 35.9 Å². The van der Waals surface area contributed by atoms with E-state index >= 15 is 0 Å². The minimum Gasteiger partial charge on any atom is -0.314 e. The van der Waals surface area contributed by atoms with Crippen molar-refractivity contribution < 1.29 is 0 Å². The summed E-state index contributed by atoms with van der Waals surface area (Å²) in [7, 11) is 0. The predicted octanol–water partition coefficient (Wildman–Crippen LogP) is 2.69. The van der Waals surface area contributed by atoms with Crippen LogP contribution in [0.4, 0.5) is 0 Å². The van der Waals surface area contributed by atoms with Gasteiger partial charge in [0, 0.05) is 32.2 Å². The van der Waals surface area contributed by atoms with Gasteiger partial charge >= 0.3 is 0 Å². The van der Waals surface area contributed by atoms with Gasteiger partial charge in [0.1, 0.15) is 0 Å². The molecule has 0 aromatic heterocycles. The lowest BCUT2D eigenvalue weighted by atomic mass is 9.99. The SMILES string of the molecule is CCCCC(Cc1ccccc1)N1CCNCC1. The summed E-state index contributed by atoms with van der Waals surface area (Å²) in [6.45, 7) is 7.01. The molecule has 0 spiro atoms. The number of piperazine rings is 1. The van der Waals surface area contributed by atoms with Crippen LogP contribution in [-0.4, -0.2) is 37.1 Å². The van der Waals surface area contributed by atoms with Crippen LogP contribution in [0.5, 0.6) is 0 Å². The summed E-state index contributed by atoms with van der Waals surface area (Å²) in [5, 5.41) is 3.45. The van der Waals surface area contributed by atoms with Crippen LogP contribution in [0.15, 0.2) is 30.3 Å². The van der Waals surface area contributed by atoms with E-state index in [0.717, 1.165) is 19.1 Å². The van der Waals surface area contributed by atoms with Crippen molar-refractivity contribution in [1.82, 2.24) is 10.2 Å². The molecule has 1 saturated heterocycles. The molecule has 1 heterocycles. The molecule has 0 radical (unpaired) electrons. The number of nitrogens with one attached hydrogen (secondary N) is 1. The van der Waals surface area contributed by atoms with E-state index in [1.165, 1.54) is 44.3 Å². The molecule has 1 aromatic carbocycles. The summed E-state index contributed by atoms with van der Waals surface area (Å²) in [6.07, 6.45) is 5.20. The van der Waals surface area contributed by atoms with Gasteiger partial charge in [-0.25, -0.2) is 0 Å². The maximum absolute atomic E-state index is 3.45. The second-order valence-electron chi connectivity index (χ2n) is 5.27. The molecular formula is C16H26N2. The molecule has 1 aliphatic rings. The molecule has 2 heteroatoms. The van der Waals surface area contributed by atoms with Gasteiger partial charge in [-0.05, 0) is 18.4 Å². The highest BCUT2D eigenvalue weighted by molar-refractivity contribution is 5.16. The summed E-state index contributed by atoms with van der Waals surface area (Å²) in [6, 6.07) is 11.7. The first-order valence-electron chi connectivity index (χ1n) is 7.39. The molecule has 0 bridgehead atoms. The molecule has 2 rings (SSSR count). The van der Waals surface area contributed by atoms with Gasteiger partial charge in [-0.2, -0.15) is 0 Å². The molecule has 1 fully saturated rings. The van der Waals surface area contributed by atoms with Crippen molar-refractivity contribution in [2.75, 3.05) is 26.2 Å². The van der Waals surface area contributed by atoms with Gasteiger partial charge in [0.2, 0.25) is 0 Å². The van der Waals surface area contributed by atoms with E-state index in [1.54, 1.807) is 0 Å². The fourth-order valence-electron chi connectivity index (χ4n) is 2.79. The smallest absolute Gasteiger partial charge is 0.0137 e. The summed E-state index contributed by atoms with van der Waals surface area (Å²) in [5.41, 5.74) is 1.48. The van der Waals surface area contributed by atoms with Gasteiger partial charge in [-0.15, -0.1) is 0 Å². The number of rotatable bonds is 6. The van der Waals surface area contributed by atoms with Crippen LogP contribution >= 0.6 is 0 Å². The lowest BCUT2D eigenvalue weighted by Crippen LogP contribution is -2.49. The monoisotopic (exact) mass is 246 g/mol. The normalized spacial score (nSPS) is 18.7. The Balaban J connectivity index is 1.95. The first-order valence-corrected chi connectivity index (χ1v) is 7.39. The molecule has 1 N–H and O–H groups in total. The van der Waals surface area contributed by atoms with E-state index < -0.39 is 0 Å². The quantitative estimate of drug-likeness (QED) is 0.830. The first-order chi connectivity index (χ1) is 8.90. The van der Waals surface area contributed by atoms with Gasteiger partial charge in [0.05, 0.1) is 0 Å². The summed E-state index contributed by atoms with van der Waals surface area (Å²) in [4.78, 5) is 2.68. The van der Waals surface area contributed by atoms with Crippen molar-refractivity contribution in [3.8, 4) is 0 Å². The van der Waals surface area contributed by atoms with Crippen LogP contribution in [0.25, 0.3) is 0 Å². The number of nitrogens with zero attached hydrogens (tertiary/aromatic N) is 1. The van der Waals surface area contributed by atoms with Crippen LogP contribution in [0.2, 0.25) is 0 Å². The Morgan fingerprint density at radius 1 is 1.17 bits per heavy atom. The van der Waals surface area contributed by atoms with E-state index in [4.69, 9.17) is 0 Å². The zero-order chi connectivity index (χ0) is 12.6. The third-order valence-electron chi connectivity index (χ3n) is 3.87.